The highest BCUT2D eigenvalue weighted by Gasteiger charge is 2.32. The lowest BCUT2D eigenvalue weighted by Crippen LogP contribution is -1.99. The Morgan fingerprint density at radius 3 is 2.14 bits per heavy atom. The maximum atomic E-state index is 8.05. The first-order valence-corrected chi connectivity index (χ1v) is 2.00. The molecule has 2 atom stereocenters. The number of hydrogen-bond donors (Lipinski definition) is 1. The zero-order valence-electron chi connectivity index (χ0n) is 3.79. The van der Waals surface area contributed by atoms with Crippen LogP contribution in [0.2, 0.25) is 0 Å². The first kappa shape index (κ1) is 6.74. The van der Waals surface area contributed by atoms with E-state index < -0.39 is 0 Å². The van der Waals surface area contributed by atoms with Gasteiger partial charge in [0.25, 0.3) is 0 Å². The first-order chi connectivity index (χ1) is 2.84. The molecular formula is C4H7ClN2. The van der Waals surface area contributed by atoms with Crippen molar-refractivity contribution in [1.82, 2.24) is 0 Å². The quantitative estimate of drug-likeness (QED) is 0.497. The van der Waals surface area contributed by atoms with Crippen LogP contribution < -0.4 is 5.73 Å². The molecule has 3 heteroatoms. The lowest BCUT2D eigenvalue weighted by atomic mass is 10.5. The van der Waals surface area contributed by atoms with E-state index in [1.54, 1.807) is 0 Å². The molecule has 40 valence electrons. The molecule has 1 rings (SSSR count). The molecule has 0 spiro atoms. The molecule has 0 aliphatic heterocycles. The van der Waals surface area contributed by atoms with Gasteiger partial charge in [-0.2, -0.15) is 5.26 Å². The summed E-state index contributed by atoms with van der Waals surface area (Å²) in [6, 6.07) is 2.27. The highest BCUT2D eigenvalue weighted by molar-refractivity contribution is 5.85. The standard InChI is InChI=1S/C4H6N2.ClH/c5-2-3-1-4(3)6;/h3-4H,1,6H2;1H/t3-,4?;/m1./s1. The second kappa shape index (κ2) is 2.15. The van der Waals surface area contributed by atoms with Gasteiger partial charge in [0.2, 0.25) is 0 Å². The SMILES string of the molecule is Cl.N#C[C@H]1CC1N. The Hall–Kier alpha value is -0.260. The molecule has 2 nitrogen and oxygen atoms in total. The van der Waals surface area contributed by atoms with Crippen LogP contribution in [0.4, 0.5) is 0 Å². The third-order valence-electron chi connectivity index (χ3n) is 1.01. The van der Waals surface area contributed by atoms with Crippen molar-refractivity contribution in [3.63, 3.8) is 0 Å². The van der Waals surface area contributed by atoms with E-state index in [9.17, 15) is 0 Å². The summed E-state index contributed by atoms with van der Waals surface area (Å²) < 4.78 is 0. The summed E-state index contributed by atoms with van der Waals surface area (Å²) in [4.78, 5) is 0. The van der Waals surface area contributed by atoms with Gasteiger partial charge in [-0.05, 0) is 6.42 Å². The van der Waals surface area contributed by atoms with Crippen molar-refractivity contribution < 1.29 is 0 Å². The van der Waals surface area contributed by atoms with Crippen molar-refractivity contribution in [3.8, 4) is 6.07 Å². The van der Waals surface area contributed by atoms with Gasteiger partial charge in [0.05, 0.1) is 12.0 Å². The molecule has 7 heavy (non-hydrogen) atoms. The fourth-order valence-electron chi connectivity index (χ4n) is 0.363. The molecular weight excluding hydrogens is 112 g/mol. The van der Waals surface area contributed by atoms with E-state index in [-0.39, 0.29) is 24.4 Å². The topological polar surface area (TPSA) is 49.8 Å². The maximum absolute atomic E-state index is 8.05. The van der Waals surface area contributed by atoms with E-state index in [4.69, 9.17) is 11.0 Å². The van der Waals surface area contributed by atoms with E-state index in [1.807, 2.05) is 0 Å². The van der Waals surface area contributed by atoms with E-state index in [1.165, 1.54) is 0 Å². The molecule has 1 aliphatic carbocycles. The summed E-state index contributed by atoms with van der Waals surface area (Å²) >= 11 is 0. The summed E-state index contributed by atoms with van der Waals surface area (Å²) in [7, 11) is 0. The van der Waals surface area contributed by atoms with Gasteiger partial charge in [0, 0.05) is 6.04 Å². The average molecular weight is 119 g/mol. The van der Waals surface area contributed by atoms with Gasteiger partial charge < -0.3 is 5.73 Å². The largest absolute Gasteiger partial charge is 0.326 e. The molecule has 1 aliphatic rings. The van der Waals surface area contributed by atoms with Crippen LogP contribution in [0.1, 0.15) is 6.42 Å². The van der Waals surface area contributed by atoms with Crippen molar-refractivity contribution >= 4 is 12.4 Å². The summed E-state index contributed by atoms with van der Waals surface area (Å²) in [5.74, 6) is 0.185. The van der Waals surface area contributed by atoms with Crippen LogP contribution in [0.25, 0.3) is 0 Å². The molecule has 1 unspecified atom stereocenters. The lowest BCUT2D eigenvalue weighted by molar-refractivity contribution is 0.985. The van der Waals surface area contributed by atoms with Gasteiger partial charge in [-0.15, -0.1) is 12.4 Å². The minimum atomic E-state index is 0. The van der Waals surface area contributed by atoms with Gasteiger partial charge in [-0.25, -0.2) is 0 Å². The molecule has 0 aromatic rings. The molecule has 0 aromatic carbocycles. The van der Waals surface area contributed by atoms with Crippen molar-refractivity contribution in [3.05, 3.63) is 0 Å². The fourth-order valence-corrected chi connectivity index (χ4v) is 0.363. The minimum Gasteiger partial charge on any atom is -0.326 e. The van der Waals surface area contributed by atoms with Crippen LogP contribution >= 0.6 is 12.4 Å². The van der Waals surface area contributed by atoms with E-state index >= 15 is 0 Å². The first-order valence-electron chi connectivity index (χ1n) is 2.00. The number of hydrogen-bond acceptors (Lipinski definition) is 2. The normalized spacial score (nSPS) is 35.4. The fraction of sp³-hybridized carbons (Fsp3) is 0.750. The lowest BCUT2D eigenvalue weighted by Gasteiger charge is -1.67. The molecule has 0 saturated heterocycles. The van der Waals surface area contributed by atoms with Crippen LogP contribution in [0.15, 0.2) is 0 Å². The van der Waals surface area contributed by atoms with Crippen molar-refractivity contribution in [2.24, 2.45) is 11.7 Å². The zero-order valence-corrected chi connectivity index (χ0v) is 4.61. The second-order valence-electron chi connectivity index (χ2n) is 1.64. The Morgan fingerprint density at radius 1 is 1.71 bits per heavy atom. The van der Waals surface area contributed by atoms with E-state index in [2.05, 4.69) is 6.07 Å². The maximum Gasteiger partial charge on any atom is 0.0672 e. The Kier molecular flexibility index (Phi) is 2.07. The summed E-state index contributed by atoms with van der Waals surface area (Å²) in [6.07, 6.45) is 0.913. The van der Waals surface area contributed by atoms with Gasteiger partial charge in [0.15, 0.2) is 0 Å². The van der Waals surface area contributed by atoms with Crippen LogP contribution in [-0.2, 0) is 0 Å². The third kappa shape index (κ3) is 1.34. The van der Waals surface area contributed by atoms with Gasteiger partial charge in [-0.3, -0.25) is 0 Å². The molecule has 1 fully saturated rings. The summed E-state index contributed by atoms with van der Waals surface area (Å²) in [5.41, 5.74) is 5.25. The number of rotatable bonds is 0. The summed E-state index contributed by atoms with van der Waals surface area (Å²) in [5, 5.41) is 8.05. The Morgan fingerprint density at radius 2 is 2.14 bits per heavy atom. The third-order valence-corrected chi connectivity index (χ3v) is 1.01. The predicted molar refractivity (Wildman–Crippen MR) is 28.9 cm³/mol. The average Bonchev–Trinajstić information content (AvgIpc) is 2.19. The Bertz CT molecular complexity index is 96.4. The molecule has 1 saturated carbocycles. The Balaban J connectivity index is 0.000000360. The van der Waals surface area contributed by atoms with Crippen molar-refractivity contribution in [2.75, 3.05) is 0 Å². The molecule has 0 aromatic heterocycles. The molecule has 0 amide bonds. The molecule has 2 N–H and O–H groups in total. The Labute approximate surface area is 48.7 Å². The van der Waals surface area contributed by atoms with Crippen LogP contribution in [0.3, 0.4) is 0 Å². The number of nitriles is 1. The van der Waals surface area contributed by atoms with Crippen LogP contribution in [0.5, 0.6) is 0 Å². The van der Waals surface area contributed by atoms with Gasteiger partial charge >= 0.3 is 0 Å². The highest BCUT2D eigenvalue weighted by atomic mass is 35.5. The van der Waals surface area contributed by atoms with E-state index in [0.717, 1.165) is 6.42 Å². The highest BCUT2D eigenvalue weighted by Crippen LogP contribution is 2.25. The van der Waals surface area contributed by atoms with Crippen LogP contribution in [-0.4, -0.2) is 6.04 Å². The van der Waals surface area contributed by atoms with Crippen molar-refractivity contribution in [2.45, 2.75) is 12.5 Å². The zero-order chi connectivity index (χ0) is 4.57. The number of halogens is 1. The van der Waals surface area contributed by atoms with Gasteiger partial charge in [0.1, 0.15) is 0 Å². The molecule has 0 heterocycles. The predicted octanol–water partition coefficient (Wildman–Crippen LogP) is 0.279. The number of nitrogens with zero attached hydrogens (tertiary/aromatic N) is 1. The minimum absolute atomic E-state index is 0. The van der Waals surface area contributed by atoms with E-state index in [0.29, 0.717) is 0 Å². The molecule has 0 radical (unpaired) electrons. The molecule has 0 bridgehead atoms. The monoisotopic (exact) mass is 118 g/mol. The summed E-state index contributed by atoms with van der Waals surface area (Å²) in [6.45, 7) is 0. The number of nitrogens with two attached hydrogens (primary N) is 1. The van der Waals surface area contributed by atoms with Gasteiger partial charge in [-0.1, -0.05) is 0 Å². The second-order valence-corrected chi connectivity index (χ2v) is 1.64. The van der Waals surface area contributed by atoms with Crippen LogP contribution in [0, 0.1) is 17.2 Å². The smallest absolute Gasteiger partial charge is 0.0672 e. The van der Waals surface area contributed by atoms with Crippen molar-refractivity contribution in [1.29, 1.82) is 5.26 Å².